The highest BCUT2D eigenvalue weighted by Crippen LogP contribution is 2.26. The van der Waals surface area contributed by atoms with E-state index in [9.17, 15) is 9.59 Å². The van der Waals surface area contributed by atoms with Crippen molar-refractivity contribution in [2.24, 2.45) is 0 Å². The first-order valence-electron chi connectivity index (χ1n) is 7.72. The molecule has 3 rings (SSSR count). The number of hydrogen-bond acceptors (Lipinski definition) is 3. The van der Waals surface area contributed by atoms with Gasteiger partial charge in [-0.25, -0.2) is 0 Å². The summed E-state index contributed by atoms with van der Waals surface area (Å²) >= 11 is 0. The second kappa shape index (κ2) is 5.91. The van der Waals surface area contributed by atoms with E-state index >= 15 is 0 Å². The highest BCUT2D eigenvalue weighted by Gasteiger charge is 2.36. The molecule has 5 nitrogen and oxygen atoms in total. The Balaban J connectivity index is 1.84. The summed E-state index contributed by atoms with van der Waals surface area (Å²) in [6, 6.07) is 8.85. The maximum absolute atomic E-state index is 12.8. The maximum Gasteiger partial charge on any atom is 0.290 e. The maximum atomic E-state index is 12.8. The van der Waals surface area contributed by atoms with E-state index in [0.29, 0.717) is 13.1 Å². The van der Waals surface area contributed by atoms with Crippen molar-refractivity contribution in [3.8, 4) is 0 Å². The van der Waals surface area contributed by atoms with Crippen molar-refractivity contribution in [2.75, 3.05) is 18.0 Å². The number of furan rings is 1. The number of aryl methyl sites for hydroxylation is 2. The van der Waals surface area contributed by atoms with Crippen molar-refractivity contribution in [3.63, 3.8) is 0 Å². The van der Waals surface area contributed by atoms with Gasteiger partial charge in [0.25, 0.3) is 5.91 Å². The minimum Gasteiger partial charge on any atom is -0.459 e. The molecule has 1 saturated heterocycles. The third-order valence-electron chi connectivity index (χ3n) is 4.30. The van der Waals surface area contributed by atoms with Gasteiger partial charge in [0.05, 0.1) is 6.26 Å². The molecule has 0 spiro atoms. The first-order chi connectivity index (χ1) is 11.0. The van der Waals surface area contributed by atoms with Crippen molar-refractivity contribution < 1.29 is 14.0 Å². The molecule has 1 fully saturated rings. The molecular weight excluding hydrogens is 292 g/mol. The quantitative estimate of drug-likeness (QED) is 0.857. The lowest BCUT2D eigenvalue weighted by Gasteiger charge is -2.39. The van der Waals surface area contributed by atoms with Crippen LogP contribution in [0.15, 0.2) is 41.0 Å². The van der Waals surface area contributed by atoms with Crippen LogP contribution < -0.4 is 4.90 Å². The monoisotopic (exact) mass is 312 g/mol. The van der Waals surface area contributed by atoms with E-state index in [1.807, 2.05) is 32.0 Å². The van der Waals surface area contributed by atoms with Crippen LogP contribution in [0.2, 0.25) is 0 Å². The fraction of sp³-hybridized carbons (Fsp3) is 0.333. The summed E-state index contributed by atoms with van der Waals surface area (Å²) in [5.74, 6) is -0.0360. The number of benzene rings is 1. The van der Waals surface area contributed by atoms with Crippen LogP contribution >= 0.6 is 0 Å². The van der Waals surface area contributed by atoms with E-state index in [1.54, 1.807) is 28.9 Å². The molecule has 0 saturated carbocycles. The summed E-state index contributed by atoms with van der Waals surface area (Å²) in [5, 5.41) is 0. The zero-order valence-electron chi connectivity index (χ0n) is 13.6. The number of anilines is 1. The van der Waals surface area contributed by atoms with Gasteiger partial charge in [0.2, 0.25) is 5.91 Å². The van der Waals surface area contributed by atoms with E-state index in [2.05, 4.69) is 0 Å². The molecule has 1 aliphatic heterocycles. The lowest BCUT2D eigenvalue weighted by molar-refractivity contribution is -0.124. The van der Waals surface area contributed by atoms with E-state index < -0.39 is 6.04 Å². The number of rotatable bonds is 2. The minimum atomic E-state index is -0.513. The zero-order chi connectivity index (χ0) is 16.6. The largest absolute Gasteiger partial charge is 0.459 e. The molecule has 5 heteroatoms. The predicted octanol–water partition coefficient (Wildman–Crippen LogP) is 2.77. The smallest absolute Gasteiger partial charge is 0.290 e. The zero-order valence-corrected chi connectivity index (χ0v) is 13.6. The highest BCUT2D eigenvalue weighted by atomic mass is 16.3. The average Bonchev–Trinajstić information content (AvgIpc) is 3.06. The number of nitrogens with zero attached hydrogens (tertiary/aromatic N) is 2. The van der Waals surface area contributed by atoms with Crippen molar-refractivity contribution in [1.82, 2.24) is 4.90 Å². The van der Waals surface area contributed by atoms with Gasteiger partial charge in [-0.15, -0.1) is 0 Å². The molecule has 0 radical (unpaired) electrons. The van der Waals surface area contributed by atoms with Crippen LogP contribution in [0.5, 0.6) is 0 Å². The average molecular weight is 312 g/mol. The molecule has 1 aromatic carbocycles. The van der Waals surface area contributed by atoms with Gasteiger partial charge in [0.1, 0.15) is 6.04 Å². The van der Waals surface area contributed by atoms with E-state index in [0.717, 1.165) is 16.8 Å². The molecule has 2 aromatic rings. The van der Waals surface area contributed by atoms with E-state index in [1.165, 1.54) is 6.26 Å². The van der Waals surface area contributed by atoms with Crippen molar-refractivity contribution in [3.05, 3.63) is 53.5 Å². The molecule has 1 aliphatic rings. The number of amides is 2. The van der Waals surface area contributed by atoms with Crippen LogP contribution in [0.4, 0.5) is 5.69 Å². The molecule has 0 unspecified atom stereocenters. The van der Waals surface area contributed by atoms with E-state index in [4.69, 9.17) is 4.42 Å². The molecule has 2 amide bonds. The molecule has 0 bridgehead atoms. The summed E-state index contributed by atoms with van der Waals surface area (Å²) in [5.41, 5.74) is 3.09. The SMILES string of the molecule is Cc1ccc(C)c(N2CCN(C(=O)c3ccco3)[C@@H](C)C2=O)c1. The third-order valence-corrected chi connectivity index (χ3v) is 4.30. The first kappa shape index (κ1) is 15.3. The summed E-state index contributed by atoms with van der Waals surface area (Å²) in [6.45, 7) is 6.74. The van der Waals surface area contributed by atoms with Crippen molar-refractivity contribution in [2.45, 2.75) is 26.8 Å². The molecular formula is C18H20N2O3. The molecule has 23 heavy (non-hydrogen) atoms. The van der Waals surface area contributed by atoms with Crippen LogP contribution in [0, 0.1) is 13.8 Å². The Morgan fingerprint density at radius 1 is 1.22 bits per heavy atom. The highest BCUT2D eigenvalue weighted by molar-refractivity contribution is 6.03. The Morgan fingerprint density at radius 2 is 2.00 bits per heavy atom. The predicted molar refractivity (Wildman–Crippen MR) is 87.5 cm³/mol. The van der Waals surface area contributed by atoms with E-state index in [-0.39, 0.29) is 17.6 Å². The van der Waals surface area contributed by atoms with Gasteiger partial charge in [-0.1, -0.05) is 12.1 Å². The summed E-state index contributed by atoms with van der Waals surface area (Å²) in [7, 11) is 0. The van der Waals surface area contributed by atoms with Crippen molar-refractivity contribution in [1.29, 1.82) is 0 Å². The fourth-order valence-corrected chi connectivity index (χ4v) is 2.94. The Kier molecular flexibility index (Phi) is 3.94. The number of hydrogen-bond donors (Lipinski definition) is 0. The number of carbonyl (C=O) groups excluding carboxylic acids is 2. The van der Waals surface area contributed by atoms with Gasteiger partial charge in [0.15, 0.2) is 5.76 Å². The van der Waals surface area contributed by atoms with Gasteiger partial charge >= 0.3 is 0 Å². The fourth-order valence-electron chi connectivity index (χ4n) is 2.94. The Labute approximate surface area is 135 Å². The third kappa shape index (κ3) is 2.74. The molecule has 0 N–H and O–H groups in total. The van der Waals surface area contributed by atoms with Gasteiger partial charge in [0, 0.05) is 18.8 Å². The first-order valence-corrected chi connectivity index (χ1v) is 7.72. The molecule has 1 atom stereocenters. The van der Waals surface area contributed by atoms with Crippen LogP contribution in [-0.2, 0) is 4.79 Å². The van der Waals surface area contributed by atoms with Gasteiger partial charge in [-0.05, 0) is 50.1 Å². The van der Waals surface area contributed by atoms with Gasteiger partial charge in [-0.3, -0.25) is 9.59 Å². The summed E-state index contributed by atoms with van der Waals surface area (Å²) in [6.07, 6.45) is 1.46. The van der Waals surface area contributed by atoms with Gasteiger partial charge in [-0.2, -0.15) is 0 Å². The topological polar surface area (TPSA) is 53.8 Å². The summed E-state index contributed by atoms with van der Waals surface area (Å²) < 4.78 is 5.16. The Bertz CT molecular complexity index is 737. The van der Waals surface area contributed by atoms with Crippen LogP contribution in [-0.4, -0.2) is 35.8 Å². The Morgan fingerprint density at radius 3 is 2.70 bits per heavy atom. The Hall–Kier alpha value is -2.56. The standard InChI is InChI=1S/C18H20N2O3/c1-12-6-7-13(2)15(11-12)20-9-8-19(14(3)17(20)21)18(22)16-5-4-10-23-16/h4-7,10-11,14H,8-9H2,1-3H3/t14-/m0/s1. The number of carbonyl (C=O) groups is 2. The molecule has 120 valence electrons. The normalized spacial score (nSPS) is 18.4. The molecule has 1 aromatic heterocycles. The summed E-state index contributed by atoms with van der Waals surface area (Å²) in [4.78, 5) is 28.6. The molecule has 0 aliphatic carbocycles. The second-order valence-corrected chi connectivity index (χ2v) is 5.93. The van der Waals surface area contributed by atoms with Crippen LogP contribution in [0.3, 0.4) is 0 Å². The van der Waals surface area contributed by atoms with Crippen LogP contribution in [0.1, 0.15) is 28.6 Å². The van der Waals surface area contributed by atoms with Crippen LogP contribution in [0.25, 0.3) is 0 Å². The number of piperazine rings is 1. The van der Waals surface area contributed by atoms with Crippen molar-refractivity contribution >= 4 is 17.5 Å². The minimum absolute atomic E-state index is 0.0649. The van der Waals surface area contributed by atoms with Gasteiger partial charge < -0.3 is 14.2 Å². The lowest BCUT2D eigenvalue weighted by Crippen LogP contribution is -2.57. The lowest BCUT2D eigenvalue weighted by atomic mass is 10.1. The molecule has 2 heterocycles. The second-order valence-electron chi connectivity index (χ2n) is 5.93.